The standard InChI is InChI=1S/C18H20N2O3S/c1-13-3-11-18(12-4-13)24(22,23)19-15-5-7-16(8-6-15)20(14(2)21)17-9-10-17/h3-8,11-12,17,19H,9-10H2,1-2H3. The summed E-state index contributed by atoms with van der Waals surface area (Å²) in [5.41, 5.74) is 2.27. The third-order valence-corrected chi connectivity index (χ3v) is 5.38. The van der Waals surface area contributed by atoms with Gasteiger partial charge in [-0.25, -0.2) is 8.42 Å². The lowest BCUT2D eigenvalue weighted by molar-refractivity contribution is -0.116. The maximum absolute atomic E-state index is 12.4. The molecule has 2 aromatic carbocycles. The third kappa shape index (κ3) is 3.59. The molecule has 0 atom stereocenters. The molecule has 0 saturated heterocycles. The molecule has 2 aromatic rings. The van der Waals surface area contributed by atoms with Gasteiger partial charge in [0.15, 0.2) is 0 Å². The Balaban J connectivity index is 1.78. The summed E-state index contributed by atoms with van der Waals surface area (Å²) >= 11 is 0. The summed E-state index contributed by atoms with van der Waals surface area (Å²) in [6, 6.07) is 13.9. The summed E-state index contributed by atoms with van der Waals surface area (Å²) in [5.74, 6) is 0.00508. The van der Waals surface area contributed by atoms with Crippen molar-refractivity contribution in [2.24, 2.45) is 0 Å². The Kier molecular flexibility index (Phi) is 4.32. The molecule has 1 aliphatic carbocycles. The van der Waals surface area contributed by atoms with Crippen LogP contribution in [0.1, 0.15) is 25.3 Å². The minimum Gasteiger partial charge on any atom is -0.310 e. The first-order chi connectivity index (χ1) is 11.4. The fourth-order valence-corrected chi connectivity index (χ4v) is 3.66. The number of hydrogen-bond donors (Lipinski definition) is 1. The average molecular weight is 344 g/mol. The molecule has 1 fully saturated rings. The number of nitrogens with zero attached hydrogens (tertiary/aromatic N) is 1. The van der Waals surface area contributed by atoms with E-state index < -0.39 is 10.0 Å². The van der Waals surface area contributed by atoms with Crippen molar-refractivity contribution >= 4 is 27.3 Å². The van der Waals surface area contributed by atoms with Gasteiger partial charge in [-0.15, -0.1) is 0 Å². The second-order valence-electron chi connectivity index (χ2n) is 6.09. The van der Waals surface area contributed by atoms with Crippen LogP contribution in [0.2, 0.25) is 0 Å². The van der Waals surface area contributed by atoms with Gasteiger partial charge in [0.25, 0.3) is 10.0 Å². The first-order valence-corrected chi connectivity index (χ1v) is 9.34. The van der Waals surface area contributed by atoms with Crippen molar-refractivity contribution in [3.63, 3.8) is 0 Å². The predicted octanol–water partition coefficient (Wildman–Crippen LogP) is 3.31. The van der Waals surface area contributed by atoms with E-state index in [2.05, 4.69) is 4.72 Å². The second-order valence-corrected chi connectivity index (χ2v) is 7.77. The lowest BCUT2D eigenvalue weighted by Crippen LogP contribution is -2.30. The van der Waals surface area contributed by atoms with Crippen molar-refractivity contribution in [1.29, 1.82) is 0 Å². The monoisotopic (exact) mass is 344 g/mol. The number of amides is 1. The molecular weight excluding hydrogens is 324 g/mol. The number of sulfonamides is 1. The quantitative estimate of drug-likeness (QED) is 0.905. The molecule has 1 amide bonds. The van der Waals surface area contributed by atoms with Crippen LogP contribution in [0.15, 0.2) is 53.4 Å². The Morgan fingerprint density at radius 1 is 1.04 bits per heavy atom. The summed E-state index contributed by atoms with van der Waals surface area (Å²) in [7, 11) is -3.61. The number of hydrogen-bond acceptors (Lipinski definition) is 3. The van der Waals surface area contributed by atoms with Crippen LogP contribution in [-0.4, -0.2) is 20.4 Å². The van der Waals surface area contributed by atoms with E-state index in [1.807, 2.05) is 6.92 Å². The number of nitrogens with one attached hydrogen (secondary N) is 1. The first-order valence-electron chi connectivity index (χ1n) is 7.86. The molecule has 0 spiro atoms. The summed E-state index contributed by atoms with van der Waals surface area (Å²) in [4.78, 5) is 13.8. The van der Waals surface area contributed by atoms with Gasteiger partial charge in [-0.3, -0.25) is 9.52 Å². The Morgan fingerprint density at radius 2 is 1.62 bits per heavy atom. The molecule has 3 rings (SSSR count). The zero-order valence-corrected chi connectivity index (χ0v) is 14.5. The van der Waals surface area contributed by atoms with Gasteiger partial charge >= 0.3 is 0 Å². The van der Waals surface area contributed by atoms with Gasteiger partial charge in [0.2, 0.25) is 5.91 Å². The Labute approximate surface area is 142 Å². The van der Waals surface area contributed by atoms with Crippen LogP contribution in [0.25, 0.3) is 0 Å². The molecule has 126 valence electrons. The molecule has 0 aromatic heterocycles. The van der Waals surface area contributed by atoms with E-state index >= 15 is 0 Å². The number of aryl methyl sites for hydroxylation is 1. The van der Waals surface area contributed by atoms with E-state index in [9.17, 15) is 13.2 Å². The van der Waals surface area contributed by atoms with Crippen LogP contribution in [0, 0.1) is 6.92 Å². The second kappa shape index (κ2) is 6.28. The van der Waals surface area contributed by atoms with Crippen LogP contribution in [0.3, 0.4) is 0 Å². The highest BCUT2D eigenvalue weighted by Gasteiger charge is 2.31. The maximum Gasteiger partial charge on any atom is 0.261 e. The van der Waals surface area contributed by atoms with Gasteiger partial charge in [0, 0.05) is 24.3 Å². The minimum absolute atomic E-state index is 0.00508. The van der Waals surface area contributed by atoms with Gasteiger partial charge in [-0.2, -0.15) is 0 Å². The fourth-order valence-electron chi connectivity index (χ4n) is 2.60. The zero-order valence-electron chi connectivity index (χ0n) is 13.7. The van der Waals surface area contributed by atoms with Gasteiger partial charge in [0.1, 0.15) is 0 Å². The molecule has 0 aliphatic heterocycles. The molecule has 0 heterocycles. The smallest absolute Gasteiger partial charge is 0.261 e. The zero-order chi connectivity index (χ0) is 17.3. The molecular formula is C18H20N2O3S. The highest BCUT2D eigenvalue weighted by Crippen LogP contribution is 2.32. The van der Waals surface area contributed by atoms with Crippen molar-refractivity contribution in [1.82, 2.24) is 0 Å². The van der Waals surface area contributed by atoms with E-state index in [-0.39, 0.29) is 16.8 Å². The number of benzene rings is 2. The minimum atomic E-state index is -3.61. The Morgan fingerprint density at radius 3 is 2.12 bits per heavy atom. The fraction of sp³-hybridized carbons (Fsp3) is 0.278. The molecule has 0 radical (unpaired) electrons. The van der Waals surface area contributed by atoms with Crippen LogP contribution in [0.4, 0.5) is 11.4 Å². The summed E-state index contributed by atoms with van der Waals surface area (Å²) in [5, 5.41) is 0. The van der Waals surface area contributed by atoms with Crippen LogP contribution < -0.4 is 9.62 Å². The molecule has 1 aliphatic rings. The van der Waals surface area contributed by atoms with E-state index in [0.29, 0.717) is 5.69 Å². The van der Waals surface area contributed by atoms with Gasteiger partial charge < -0.3 is 4.90 Å². The average Bonchev–Trinajstić information content (AvgIpc) is 3.34. The van der Waals surface area contributed by atoms with E-state index in [4.69, 9.17) is 0 Å². The topological polar surface area (TPSA) is 66.5 Å². The number of anilines is 2. The van der Waals surface area contributed by atoms with E-state index in [1.165, 1.54) is 0 Å². The maximum atomic E-state index is 12.4. The van der Waals surface area contributed by atoms with E-state index in [0.717, 1.165) is 24.1 Å². The molecule has 1 saturated carbocycles. The summed E-state index contributed by atoms with van der Waals surface area (Å²) < 4.78 is 27.3. The largest absolute Gasteiger partial charge is 0.310 e. The van der Waals surface area contributed by atoms with Crippen LogP contribution in [-0.2, 0) is 14.8 Å². The highest BCUT2D eigenvalue weighted by molar-refractivity contribution is 7.92. The lowest BCUT2D eigenvalue weighted by atomic mass is 10.2. The highest BCUT2D eigenvalue weighted by atomic mass is 32.2. The van der Waals surface area contributed by atoms with Crippen LogP contribution >= 0.6 is 0 Å². The third-order valence-electron chi connectivity index (χ3n) is 3.98. The van der Waals surface area contributed by atoms with Gasteiger partial charge in [-0.05, 0) is 56.2 Å². The Bertz CT molecular complexity index is 839. The van der Waals surface area contributed by atoms with Crippen molar-refractivity contribution < 1.29 is 13.2 Å². The first kappa shape index (κ1) is 16.5. The van der Waals surface area contributed by atoms with Gasteiger partial charge in [-0.1, -0.05) is 17.7 Å². The summed E-state index contributed by atoms with van der Waals surface area (Å²) in [6.45, 7) is 3.45. The molecule has 24 heavy (non-hydrogen) atoms. The van der Waals surface area contributed by atoms with E-state index in [1.54, 1.807) is 60.4 Å². The van der Waals surface area contributed by atoms with Crippen LogP contribution in [0.5, 0.6) is 0 Å². The van der Waals surface area contributed by atoms with Crippen molar-refractivity contribution in [3.8, 4) is 0 Å². The van der Waals surface area contributed by atoms with Crippen molar-refractivity contribution in [3.05, 3.63) is 54.1 Å². The Hall–Kier alpha value is -2.34. The number of rotatable bonds is 5. The summed E-state index contributed by atoms with van der Waals surface area (Å²) in [6.07, 6.45) is 2.03. The SMILES string of the molecule is CC(=O)N(c1ccc(NS(=O)(=O)c2ccc(C)cc2)cc1)C1CC1. The lowest BCUT2D eigenvalue weighted by Gasteiger charge is -2.21. The molecule has 1 N–H and O–H groups in total. The number of carbonyl (C=O) groups excluding carboxylic acids is 1. The molecule has 6 heteroatoms. The number of carbonyl (C=O) groups is 1. The predicted molar refractivity (Wildman–Crippen MR) is 94.6 cm³/mol. The molecule has 0 unspecified atom stereocenters. The molecule has 0 bridgehead atoms. The molecule has 5 nitrogen and oxygen atoms in total. The van der Waals surface area contributed by atoms with Crippen molar-refractivity contribution in [2.75, 3.05) is 9.62 Å². The van der Waals surface area contributed by atoms with Crippen molar-refractivity contribution in [2.45, 2.75) is 37.6 Å². The van der Waals surface area contributed by atoms with Gasteiger partial charge in [0.05, 0.1) is 4.90 Å². The normalized spacial score (nSPS) is 14.2.